The van der Waals surface area contributed by atoms with Crippen LogP contribution in [0.3, 0.4) is 0 Å². The minimum Gasteiger partial charge on any atom is -0.493 e. The van der Waals surface area contributed by atoms with Crippen molar-refractivity contribution < 1.29 is 23.4 Å². The summed E-state index contributed by atoms with van der Waals surface area (Å²) in [6, 6.07) is 6.81. The quantitative estimate of drug-likeness (QED) is 0.603. The van der Waals surface area contributed by atoms with Crippen LogP contribution in [-0.4, -0.2) is 27.1 Å². The molecule has 0 aliphatic rings. The molecule has 2 aromatic rings. The lowest BCUT2D eigenvalue weighted by molar-refractivity contribution is 0.104. The normalized spacial score (nSPS) is 10.6. The molecule has 0 spiro atoms. The van der Waals surface area contributed by atoms with Crippen LogP contribution >= 0.6 is 0 Å². The number of ketones is 1. The summed E-state index contributed by atoms with van der Waals surface area (Å²) in [7, 11) is 4.49. The van der Waals surface area contributed by atoms with Crippen molar-refractivity contribution in [3.63, 3.8) is 0 Å². The van der Waals surface area contributed by atoms with E-state index >= 15 is 0 Å². The molecule has 1 aromatic heterocycles. The van der Waals surface area contributed by atoms with E-state index in [1.807, 2.05) is 0 Å². The van der Waals surface area contributed by atoms with Crippen LogP contribution in [0, 0.1) is 0 Å². The van der Waals surface area contributed by atoms with Crippen LogP contribution in [0.5, 0.6) is 17.2 Å². The number of carbonyl (C=O) groups excluding carboxylic acids is 1. The van der Waals surface area contributed by atoms with Gasteiger partial charge in [-0.3, -0.25) is 4.79 Å². The fourth-order valence-corrected chi connectivity index (χ4v) is 1.93. The SMILES string of the molecule is COc1ccc(C(=O)/C=C/c2ccco2)c(OC)c1OC. The van der Waals surface area contributed by atoms with E-state index < -0.39 is 0 Å². The molecule has 110 valence electrons. The fourth-order valence-electron chi connectivity index (χ4n) is 1.93. The predicted octanol–water partition coefficient (Wildman–Crippen LogP) is 3.20. The first-order valence-corrected chi connectivity index (χ1v) is 6.26. The van der Waals surface area contributed by atoms with Crippen LogP contribution in [0.1, 0.15) is 16.1 Å². The molecule has 1 aromatic carbocycles. The van der Waals surface area contributed by atoms with Gasteiger partial charge in [0.25, 0.3) is 0 Å². The van der Waals surface area contributed by atoms with Gasteiger partial charge in [0, 0.05) is 0 Å². The molecule has 0 fully saturated rings. The average Bonchev–Trinajstić information content (AvgIpc) is 3.04. The second kappa shape index (κ2) is 6.65. The van der Waals surface area contributed by atoms with Gasteiger partial charge in [-0.05, 0) is 36.4 Å². The summed E-state index contributed by atoms with van der Waals surface area (Å²) < 4.78 is 20.9. The molecule has 0 unspecified atom stereocenters. The molecule has 2 rings (SSSR count). The Morgan fingerprint density at radius 1 is 1.05 bits per heavy atom. The van der Waals surface area contributed by atoms with E-state index in [1.165, 1.54) is 27.4 Å². The third-order valence-electron chi connectivity index (χ3n) is 2.91. The van der Waals surface area contributed by atoms with E-state index in [4.69, 9.17) is 18.6 Å². The summed E-state index contributed by atoms with van der Waals surface area (Å²) in [5, 5.41) is 0. The molecule has 0 aliphatic carbocycles. The third-order valence-corrected chi connectivity index (χ3v) is 2.91. The van der Waals surface area contributed by atoms with Gasteiger partial charge in [-0.15, -0.1) is 0 Å². The standard InChI is InChI=1S/C16H16O5/c1-18-14-9-7-12(15(19-2)16(14)20-3)13(17)8-6-11-5-4-10-21-11/h4-10H,1-3H3/b8-6+. The van der Waals surface area contributed by atoms with E-state index in [2.05, 4.69) is 0 Å². The van der Waals surface area contributed by atoms with Gasteiger partial charge in [0.05, 0.1) is 33.2 Å². The first kappa shape index (κ1) is 14.7. The molecule has 0 saturated carbocycles. The van der Waals surface area contributed by atoms with E-state index in [1.54, 1.807) is 36.6 Å². The minimum absolute atomic E-state index is 0.218. The molecule has 0 aliphatic heterocycles. The Labute approximate surface area is 122 Å². The van der Waals surface area contributed by atoms with Gasteiger partial charge in [-0.2, -0.15) is 0 Å². The highest BCUT2D eigenvalue weighted by Gasteiger charge is 2.19. The van der Waals surface area contributed by atoms with Gasteiger partial charge in [0.15, 0.2) is 17.3 Å². The number of carbonyl (C=O) groups is 1. The molecule has 5 heteroatoms. The number of hydrogen-bond acceptors (Lipinski definition) is 5. The lowest BCUT2D eigenvalue weighted by atomic mass is 10.1. The summed E-state index contributed by atoms with van der Waals surface area (Å²) in [6.07, 6.45) is 4.56. The van der Waals surface area contributed by atoms with E-state index in [0.717, 1.165) is 0 Å². The van der Waals surface area contributed by atoms with E-state index in [9.17, 15) is 4.79 Å². The van der Waals surface area contributed by atoms with Crippen LogP contribution in [0.4, 0.5) is 0 Å². The Bertz CT molecular complexity index is 641. The van der Waals surface area contributed by atoms with Gasteiger partial charge < -0.3 is 18.6 Å². The highest BCUT2D eigenvalue weighted by atomic mass is 16.5. The maximum Gasteiger partial charge on any atom is 0.204 e. The lowest BCUT2D eigenvalue weighted by Crippen LogP contribution is -2.02. The highest BCUT2D eigenvalue weighted by Crippen LogP contribution is 2.39. The van der Waals surface area contributed by atoms with Crippen LogP contribution in [0.25, 0.3) is 6.08 Å². The Hall–Kier alpha value is -2.69. The number of rotatable bonds is 6. The monoisotopic (exact) mass is 288 g/mol. The zero-order valence-corrected chi connectivity index (χ0v) is 12.1. The second-order valence-electron chi connectivity index (χ2n) is 4.09. The van der Waals surface area contributed by atoms with Crippen molar-refractivity contribution in [3.8, 4) is 17.2 Å². The number of ether oxygens (including phenoxy) is 3. The Balaban J connectivity index is 2.36. The molecule has 0 radical (unpaired) electrons. The molecule has 0 saturated heterocycles. The molecule has 1 heterocycles. The van der Waals surface area contributed by atoms with Gasteiger partial charge in [0.2, 0.25) is 5.75 Å². The van der Waals surface area contributed by atoms with Crippen LogP contribution in [0.2, 0.25) is 0 Å². The van der Waals surface area contributed by atoms with Gasteiger partial charge in [-0.1, -0.05) is 0 Å². The van der Waals surface area contributed by atoms with E-state index in [0.29, 0.717) is 28.6 Å². The first-order chi connectivity index (χ1) is 10.2. The van der Waals surface area contributed by atoms with Crippen molar-refractivity contribution in [2.24, 2.45) is 0 Å². The molecule has 5 nitrogen and oxygen atoms in total. The van der Waals surface area contributed by atoms with Crippen molar-refractivity contribution >= 4 is 11.9 Å². The zero-order valence-electron chi connectivity index (χ0n) is 12.1. The highest BCUT2D eigenvalue weighted by molar-refractivity contribution is 6.09. The molecular weight excluding hydrogens is 272 g/mol. The second-order valence-corrected chi connectivity index (χ2v) is 4.09. The van der Waals surface area contributed by atoms with Crippen LogP contribution in [0.15, 0.2) is 41.0 Å². The number of furan rings is 1. The smallest absolute Gasteiger partial charge is 0.204 e. The number of hydrogen-bond donors (Lipinski definition) is 0. The zero-order chi connectivity index (χ0) is 15.2. The van der Waals surface area contributed by atoms with Gasteiger partial charge >= 0.3 is 0 Å². The third kappa shape index (κ3) is 3.08. The summed E-state index contributed by atoms with van der Waals surface area (Å²) in [4.78, 5) is 12.3. The predicted molar refractivity (Wildman–Crippen MR) is 78.2 cm³/mol. The number of benzene rings is 1. The average molecular weight is 288 g/mol. The van der Waals surface area contributed by atoms with Crippen molar-refractivity contribution in [2.45, 2.75) is 0 Å². The molecule has 0 N–H and O–H groups in total. The van der Waals surface area contributed by atoms with Crippen molar-refractivity contribution in [3.05, 3.63) is 47.9 Å². The molecule has 0 amide bonds. The first-order valence-electron chi connectivity index (χ1n) is 6.26. The Morgan fingerprint density at radius 2 is 1.81 bits per heavy atom. The maximum absolute atomic E-state index is 12.3. The molecular formula is C16H16O5. The van der Waals surface area contributed by atoms with Gasteiger partial charge in [0.1, 0.15) is 5.76 Å². The summed E-state index contributed by atoms with van der Waals surface area (Å²) in [5.41, 5.74) is 0.387. The number of allylic oxidation sites excluding steroid dienone is 1. The fraction of sp³-hybridized carbons (Fsp3) is 0.188. The summed E-state index contributed by atoms with van der Waals surface area (Å²) >= 11 is 0. The Morgan fingerprint density at radius 3 is 2.38 bits per heavy atom. The largest absolute Gasteiger partial charge is 0.493 e. The van der Waals surface area contributed by atoms with Crippen molar-refractivity contribution in [1.29, 1.82) is 0 Å². The van der Waals surface area contributed by atoms with Crippen molar-refractivity contribution in [1.82, 2.24) is 0 Å². The van der Waals surface area contributed by atoms with Crippen molar-refractivity contribution in [2.75, 3.05) is 21.3 Å². The van der Waals surface area contributed by atoms with Crippen LogP contribution in [-0.2, 0) is 0 Å². The minimum atomic E-state index is -0.218. The molecule has 0 bridgehead atoms. The van der Waals surface area contributed by atoms with E-state index in [-0.39, 0.29) is 5.78 Å². The molecule has 21 heavy (non-hydrogen) atoms. The topological polar surface area (TPSA) is 57.9 Å². The lowest BCUT2D eigenvalue weighted by Gasteiger charge is -2.14. The molecule has 0 atom stereocenters. The summed E-state index contributed by atoms with van der Waals surface area (Å²) in [5.74, 6) is 1.61. The Kier molecular flexibility index (Phi) is 4.66. The maximum atomic E-state index is 12.3. The summed E-state index contributed by atoms with van der Waals surface area (Å²) in [6.45, 7) is 0. The number of methoxy groups -OCH3 is 3. The van der Waals surface area contributed by atoms with Gasteiger partial charge in [-0.25, -0.2) is 0 Å². The van der Waals surface area contributed by atoms with Crippen LogP contribution < -0.4 is 14.2 Å².